The van der Waals surface area contributed by atoms with E-state index in [2.05, 4.69) is 60.6 Å². The topological polar surface area (TPSA) is 213 Å². The zero-order valence-corrected chi connectivity index (χ0v) is 42.2. The molecule has 0 saturated carbocycles. The second-order valence-corrected chi connectivity index (χ2v) is 19.7. The van der Waals surface area contributed by atoms with Crippen LogP contribution >= 0.6 is 11.6 Å². The summed E-state index contributed by atoms with van der Waals surface area (Å²) < 4.78 is 14.0. The second-order valence-electron chi connectivity index (χ2n) is 19.3. The second kappa shape index (κ2) is 21.4. The van der Waals surface area contributed by atoms with Gasteiger partial charge in [0.1, 0.15) is 30.0 Å². The minimum absolute atomic E-state index is 0.0171. The zero-order chi connectivity index (χ0) is 51.6. The summed E-state index contributed by atoms with van der Waals surface area (Å²) in [4.78, 5) is 48.8. The first-order valence-electron chi connectivity index (χ1n) is 25.1. The van der Waals surface area contributed by atoms with E-state index in [-0.39, 0.29) is 72.6 Å². The number of nitrogens with zero attached hydrogens (tertiary/aromatic N) is 12. The van der Waals surface area contributed by atoms with Crippen LogP contribution in [0.3, 0.4) is 0 Å². The number of amides is 2. The molecule has 3 N–H and O–H groups in total. The Kier molecular flexibility index (Phi) is 14.5. The first-order valence-corrected chi connectivity index (χ1v) is 25.4. The van der Waals surface area contributed by atoms with E-state index in [0.717, 1.165) is 39.1 Å². The lowest BCUT2D eigenvalue weighted by Crippen LogP contribution is -2.55. The van der Waals surface area contributed by atoms with Gasteiger partial charge in [-0.2, -0.15) is 15.2 Å². The standard InChI is InChI=1S/C54H59ClN12O7/c1-4-35-26-42(47(69)28-46(35)68)51-59-60-53(71)67(51)37-14-12-34(13-15-37)29-62-20-22-63(23-21-62)54(72)74-40-27-39(61(3)31-40)33-73-52-57-44-32-64(45-11-7-9-36-8-6-10-43(55)49(36)45)19-17-41(44)50(58-52)65-24-25-66(48(70)5-2)38(30-65)16-18-56/h5-15,26,28,38-40,68-69H,2,4,16-17,19-25,27,29-33H2,1,3H3,(H,60,71). The molecule has 3 fully saturated rings. The minimum Gasteiger partial charge on any atom is -0.508 e. The number of hydrogen-bond donors (Lipinski definition) is 3. The van der Waals surface area contributed by atoms with Gasteiger partial charge in [-0.1, -0.05) is 66.6 Å². The van der Waals surface area contributed by atoms with Gasteiger partial charge in [0, 0.05) is 101 Å². The summed E-state index contributed by atoms with van der Waals surface area (Å²) in [5, 5.41) is 51.9. The van der Waals surface area contributed by atoms with E-state index in [1.807, 2.05) is 56.4 Å². The number of carbonyl (C=O) groups excluding carboxylic acids is 2. The molecule has 10 rings (SSSR count). The Labute approximate surface area is 434 Å². The van der Waals surface area contributed by atoms with Crippen LogP contribution in [0.1, 0.15) is 42.1 Å². The number of aromatic nitrogens is 5. The third-order valence-corrected chi connectivity index (χ3v) is 15.1. The predicted octanol–water partition coefficient (Wildman–Crippen LogP) is 6.30. The average molecular weight is 1020 g/mol. The van der Waals surface area contributed by atoms with Crippen molar-refractivity contribution in [1.82, 2.24) is 44.3 Å². The highest BCUT2D eigenvalue weighted by Gasteiger charge is 2.37. The van der Waals surface area contributed by atoms with Gasteiger partial charge in [0.25, 0.3) is 0 Å². The number of anilines is 2. The molecule has 3 atom stereocenters. The lowest BCUT2D eigenvalue weighted by molar-refractivity contribution is -0.128. The molecule has 19 nitrogen and oxygen atoms in total. The fraction of sp³-hybridized carbons (Fsp3) is 0.389. The maximum Gasteiger partial charge on any atom is 0.410 e. The van der Waals surface area contributed by atoms with Crippen LogP contribution in [-0.2, 0) is 35.5 Å². The summed E-state index contributed by atoms with van der Waals surface area (Å²) in [6.45, 7) is 12.0. The van der Waals surface area contributed by atoms with Crippen LogP contribution in [-0.4, -0.2) is 162 Å². The lowest BCUT2D eigenvalue weighted by Gasteiger charge is -2.42. The number of piperazine rings is 2. The summed E-state index contributed by atoms with van der Waals surface area (Å²) in [5.41, 5.74) is 5.48. The predicted molar refractivity (Wildman–Crippen MR) is 279 cm³/mol. The van der Waals surface area contributed by atoms with Crippen molar-refractivity contribution in [2.45, 2.75) is 63.9 Å². The van der Waals surface area contributed by atoms with Gasteiger partial charge in [0.05, 0.1) is 47.0 Å². The quantitative estimate of drug-likeness (QED) is 0.108. The van der Waals surface area contributed by atoms with Gasteiger partial charge >= 0.3 is 18.1 Å². The van der Waals surface area contributed by atoms with Crippen molar-refractivity contribution in [2.75, 3.05) is 82.4 Å². The maximum atomic E-state index is 13.6. The fourth-order valence-corrected chi connectivity index (χ4v) is 11.0. The van der Waals surface area contributed by atoms with Gasteiger partial charge in [0.2, 0.25) is 5.91 Å². The smallest absolute Gasteiger partial charge is 0.410 e. The molecular formula is C54H59ClN12O7. The largest absolute Gasteiger partial charge is 0.508 e. The number of phenols is 2. The molecular weight excluding hydrogens is 964 g/mol. The molecule has 3 unspecified atom stereocenters. The summed E-state index contributed by atoms with van der Waals surface area (Å²) in [5.74, 6) is 0.596. The molecule has 6 heterocycles. The molecule has 0 aliphatic carbocycles. The Morgan fingerprint density at radius 3 is 2.45 bits per heavy atom. The molecule has 6 aromatic rings. The average Bonchev–Trinajstić information content (AvgIpc) is 3.97. The highest BCUT2D eigenvalue weighted by Crippen LogP contribution is 2.39. The number of carbonyl (C=O) groups is 2. The number of nitriles is 1. The van der Waals surface area contributed by atoms with Crippen molar-refractivity contribution in [3.63, 3.8) is 0 Å². The Morgan fingerprint density at radius 2 is 1.69 bits per heavy atom. The number of halogens is 1. The molecule has 20 heteroatoms. The Morgan fingerprint density at radius 1 is 0.905 bits per heavy atom. The van der Waals surface area contributed by atoms with Gasteiger partial charge in [-0.05, 0) is 72.8 Å². The van der Waals surface area contributed by atoms with Gasteiger partial charge in [0.15, 0.2) is 5.82 Å². The molecule has 2 amide bonds. The van der Waals surface area contributed by atoms with E-state index < -0.39 is 0 Å². The van der Waals surface area contributed by atoms with Crippen LogP contribution in [0.4, 0.5) is 16.3 Å². The molecule has 384 valence electrons. The lowest BCUT2D eigenvalue weighted by atomic mass is 10.0. The van der Waals surface area contributed by atoms with Crippen molar-refractivity contribution in [3.05, 3.63) is 113 Å². The summed E-state index contributed by atoms with van der Waals surface area (Å²) in [6.07, 6.45) is 2.58. The van der Waals surface area contributed by atoms with Crippen molar-refractivity contribution in [1.29, 1.82) is 5.26 Å². The van der Waals surface area contributed by atoms with E-state index in [1.165, 1.54) is 16.7 Å². The number of hydrogen-bond acceptors (Lipinski definition) is 16. The highest BCUT2D eigenvalue weighted by molar-refractivity contribution is 6.36. The van der Waals surface area contributed by atoms with E-state index in [4.69, 9.17) is 31.0 Å². The Bertz CT molecular complexity index is 3120. The van der Waals surface area contributed by atoms with Crippen molar-refractivity contribution in [3.8, 4) is 46.7 Å². The first kappa shape index (κ1) is 49.9. The monoisotopic (exact) mass is 1020 g/mol. The van der Waals surface area contributed by atoms with Crippen molar-refractivity contribution < 1.29 is 34.4 Å². The highest BCUT2D eigenvalue weighted by atomic mass is 35.5. The van der Waals surface area contributed by atoms with Crippen LogP contribution in [0, 0.1) is 11.3 Å². The van der Waals surface area contributed by atoms with E-state index in [9.17, 15) is 30.2 Å². The van der Waals surface area contributed by atoms with Gasteiger partial charge in [-0.25, -0.2) is 9.36 Å². The van der Waals surface area contributed by atoms with E-state index in [1.54, 1.807) is 15.9 Å². The molecule has 2 aromatic heterocycles. The van der Waals surface area contributed by atoms with Gasteiger partial charge < -0.3 is 44.4 Å². The summed E-state index contributed by atoms with van der Waals surface area (Å²) in [6, 6.07) is 24.4. The number of aromatic hydroxyl groups is 3. The number of fused-ring (bicyclic) bond motifs is 2. The molecule has 3 saturated heterocycles. The van der Waals surface area contributed by atoms with Crippen molar-refractivity contribution in [2.24, 2.45) is 0 Å². The normalized spacial score (nSPS) is 19.4. The Hall–Kier alpha value is -7.66. The first-order chi connectivity index (χ1) is 35.9. The third kappa shape index (κ3) is 10.2. The van der Waals surface area contributed by atoms with Crippen LogP contribution in [0.5, 0.6) is 23.5 Å². The third-order valence-electron chi connectivity index (χ3n) is 14.8. The number of likely N-dealkylation sites (tertiary alicyclic amines) is 1. The molecule has 4 aliphatic heterocycles. The van der Waals surface area contributed by atoms with E-state index >= 15 is 0 Å². The number of ether oxygens (including phenoxy) is 2. The molecule has 4 aliphatic rings. The SMILES string of the molecule is C=CC(=O)N1CCN(c2nc(OCC3CC(OC(=O)N4CCN(Cc5ccc(-n6c(O)nnc6-c6cc(CC)c(O)cc6O)cc5)CC4)CN3C)nc3c2CCN(c2cccc4cccc(Cl)c24)C3)CC1CC#N. The number of likely N-dealkylation sites (N-methyl/N-ethyl adjacent to an activating group) is 1. The molecule has 0 spiro atoms. The molecule has 0 bridgehead atoms. The van der Waals surface area contributed by atoms with Gasteiger partial charge in [-0.15, -0.1) is 5.10 Å². The van der Waals surface area contributed by atoms with E-state index in [0.29, 0.717) is 113 Å². The van der Waals surface area contributed by atoms with Crippen LogP contribution in [0.15, 0.2) is 85.5 Å². The summed E-state index contributed by atoms with van der Waals surface area (Å²) in [7, 11) is 2.00. The fourth-order valence-electron chi connectivity index (χ4n) is 10.8. The minimum atomic E-state index is -0.339. The van der Waals surface area contributed by atoms with Crippen LogP contribution in [0.25, 0.3) is 27.8 Å². The zero-order valence-electron chi connectivity index (χ0n) is 41.5. The number of aryl methyl sites for hydroxylation is 1. The molecule has 4 aromatic carbocycles. The number of rotatable bonds is 13. The number of benzene rings is 4. The van der Waals surface area contributed by atoms with Gasteiger partial charge in [-0.3, -0.25) is 14.6 Å². The van der Waals surface area contributed by atoms with Crippen LogP contribution in [0.2, 0.25) is 5.02 Å². The molecule has 74 heavy (non-hydrogen) atoms. The number of phenolic OH excluding ortho intramolecular Hbond substituents is 2. The maximum absolute atomic E-state index is 13.6. The summed E-state index contributed by atoms with van der Waals surface area (Å²) >= 11 is 6.80. The van der Waals surface area contributed by atoms with Crippen LogP contribution < -0.4 is 14.5 Å². The van der Waals surface area contributed by atoms with Crippen molar-refractivity contribution >= 4 is 45.9 Å². The molecule has 0 radical (unpaired) electrons. The Balaban J connectivity index is 0.763.